The number of rotatable bonds is 5. The van der Waals surface area contributed by atoms with Crippen molar-refractivity contribution in [3.63, 3.8) is 0 Å². The predicted octanol–water partition coefficient (Wildman–Crippen LogP) is 3.00. The minimum absolute atomic E-state index is 0.255. The quantitative estimate of drug-likeness (QED) is 0.849. The van der Waals surface area contributed by atoms with Crippen molar-refractivity contribution in [3.05, 3.63) is 34.9 Å². The summed E-state index contributed by atoms with van der Waals surface area (Å²) in [7, 11) is 0. The van der Waals surface area contributed by atoms with Gasteiger partial charge >= 0.3 is 18.1 Å². The number of hydrogen-bond donors (Lipinski definition) is 1. The summed E-state index contributed by atoms with van der Waals surface area (Å²) in [6.07, 6.45) is -5.33. The van der Waals surface area contributed by atoms with Gasteiger partial charge in [0.2, 0.25) is 0 Å². The topological polar surface area (TPSA) is 63.6 Å². The SMILES string of the molecule is O=C(C[C@H](C(=O)O)c1ccc(Cl)cc1)OCC(F)(F)F. The molecule has 8 heteroatoms. The lowest BCUT2D eigenvalue weighted by Crippen LogP contribution is -2.23. The van der Waals surface area contributed by atoms with Crippen LogP contribution in [-0.4, -0.2) is 29.8 Å². The van der Waals surface area contributed by atoms with Gasteiger partial charge < -0.3 is 9.84 Å². The zero-order valence-corrected chi connectivity index (χ0v) is 10.7. The number of carbonyl (C=O) groups is 2. The number of benzene rings is 1. The third kappa shape index (κ3) is 5.48. The number of aliphatic carboxylic acids is 1. The Kier molecular flexibility index (Phi) is 5.38. The molecule has 4 nitrogen and oxygen atoms in total. The number of hydrogen-bond acceptors (Lipinski definition) is 3. The molecule has 0 heterocycles. The summed E-state index contributed by atoms with van der Waals surface area (Å²) in [5, 5.41) is 9.38. The Bertz CT molecular complexity index is 484. The van der Waals surface area contributed by atoms with Gasteiger partial charge in [0.25, 0.3) is 0 Å². The van der Waals surface area contributed by atoms with Crippen molar-refractivity contribution in [2.24, 2.45) is 0 Å². The van der Waals surface area contributed by atoms with E-state index in [0.717, 1.165) is 0 Å². The zero-order valence-electron chi connectivity index (χ0n) is 9.98. The summed E-state index contributed by atoms with van der Waals surface area (Å²) in [6, 6.07) is 5.62. The normalized spacial score (nSPS) is 12.8. The van der Waals surface area contributed by atoms with E-state index in [-0.39, 0.29) is 5.56 Å². The molecule has 0 fully saturated rings. The maximum Gasteiger partial charge on any atom is 0.422 e. The highest BCUT2D eigenvalue weighted by Crippen LogP contribution is 2.23. The van der Waals surface area contributed by atoms with E-state index in [9.17, 15) is 22.8 Å². The van der Waals surface area contributed by atoms with Crippen LogP contribution in [0.25, 0.3) is 0 Å². The second kappa shape index (κ2) is 6.60. The van der Waals surface area contributed by atoms with Gasteiger partial charge in [-0.3, -0.25) is 9.59 Å². The second-order valence-corrected chi connectivity index (χ2v) is 4.36. The highest BCUT2D eigenvalue weighted by molar-refractivity contribution is 6.30. The number of carboxylic acids is 1. The van der Waals surface area contributed by atoms with E-state index >= 15 is 0 Å². The minimum Gasteiger partial charge on any atom is -0.481 e. The predicted molar refractivity (Wildman–Crippen MR) is 63.5 cm³/mol. The third-order valence-corrected chi connectivity index (χ3v) is 2.59. The van der Waals surface area contributed by atoms with Gasteiger partial charge in [0.1, 0.15) is 0 Å². The molecule has 0 saturated heterocycles. The largest absolute Gasteiger partial charge is 0.481 e. The molecule has 0 aliphatic carbocycles. The van der Waals surface area contributed by atoms with Crippen LogP contribution in [0.3, 0.4) is 0 Å². The average Bonchev–Trinajstić information content (AvgIpc) is 2.33. The highest BCUT2D eigenvalue weighted by atomic mass is 35.5. The van der Waals surface area contributed by atoms with Crippen molar-refractivity contribution >= 4 is 23.5 Å². The smallest absolute Gasteiger partial charge is 0.422 e. The molecule has 0 saturated carbocycles. The lowest BCUT2D eigenvalue weighted by Gasteiger charge is -2.13. The minimum atomic E-state index is -4.64. The summed E-state index contributed by atoms with van der Waals surface area (Å²) in [4.78, 5) is 22.3. The van der Waals surface area contributed by atoms with Crippen LogP contribution in [0.2, 0.25) is 5.02 Å². The fourth-order valence-corrected chi connectivity index (χ4v) is 1.56. The van der Waals surface area contributed by atoms with Crippen LogP contribution in [0, 0.1) is 0 Å². The van der Waals surface area contributed by atoms with Gasteiger partial charge in [-0.25, -0.2) is 0 Å². The molecular weight excluding hydrogens is 301 g/mol. The summed E-state index contributed by atoms with van der Waals surface area (Å²) in [6.45, 7) is -1.74. The Morgan fingerprint density at radius 2 is 1.80 bits per heavy atom. The number of carbonyl (C=O) groups excluding carboxylic acids is 1. The Morgan fingerprint density at radius 1 is 1.25 bits per heavy atom. The first kappa shape index (κ1) is 16.3. The molecule has 110 valence electrons. The van der Waals surface area contributed by atoms with E-state index in [1.807, 2.05) is 0 Å². The van der Waals surface area contributed by atoms with Gasteiger partial charge in [-0.2, -0.15) is 13.2 Å². The first-order chi connectivity index (χ1) is 9.19. The first-order valence-electron chi connectivity index (χ1n) is 5.39. The second-order valence-electron chi connectivity index (χ2n) is 3.92. The Hall–Kier alpha value is -1.76. The molecule has 0 aliphatic rings. The summed E-state index contributed by atoms with van der Waals surface area (Å²) >= 11 is 5.64. The van der Waals surface area contributed by atoms with Crippen molar-refractivity contribution in [1.82, 2.24) is 0 Å². The summed E-state index contributed by atoms with van der Waals surface area (Å²) < 4.78 is 39.6. The number of carboxylic acid groups (broad SMARTS) is 1. The maximum atomic E-state index is 11.9. The molecule has 0 spiro atoms. The molecule has 1 rings (SSSR count). The Morgan fingerprint density at radius 3 is 2.25 bits per heavy atom. The molecule has 20 heavy (non-hydrogen) atoms. The van der Waals surface area contributed by atoms with Crippen molar-refractivity contribution in [1.29, 1.82) is 0 Å². The van der Waals surface area contributed by atoms with Crippen LogP contribution in [0.15, 0.2) is 24.3 Å². The molecule has 0 aromatic heterocycles. The number of ether oxygens (including phenoxy) is 1. The van der Waals surface area contributed by atoms with Crippen LogP contribution < -0.4 is 0 Å². The van der Waals surface area contributed by atoms with Crippen molar-refractivity contribution in [2.45, 2.75) is 18.5 Å². The van der Waals surface area contributed by atoms with E-state index in [2.05, 4.69) is 4.74 Å². The molecule has 1 atom stereocenters. The summed E-state index contributed by atoms with van der Waals surface area (Å²) in [5.74, 6) is -3.85. The molecular formula is C12H10ClF3O4. The van der Waals surface area contributed by atoms with Crippen LogP contribution in [-0.2, 0) is 14.3 Å². The van der Waals surface area contributed by atoms with Crippen molar-refractivity contribution in [2.75, 3.05) is 6.61 Å². The molecule has 1 aromatic rings. The van der Waals surface area contributed by atoms with Gasteiger partial charge in [0.15, 0.2) is 6.61 Å². The van der Waals surface area contributed by atoms with Gasteiger partial charge in [-0.05, 0) is 17.7 Å². The van der Waals surface area contributed by atoms with Gasteiger partial charge in [-0.1, -0.05) is 23.7 Å². The lowest BCUT2D eigenvalue weighted by atomic mass is 9.96. The zero-order chi connectivity index (χ0) is 15.3. The Balaban J connectivity index is 2.71. The van der Waals surface area contributed by atoms with E-state index in [4.69, 9.17) is 16.7 Å². The van der Waals surface area contributed by atoms with E-state index in [0.29, 0.717) is 5.02 Å². The maximum absolute atomic E-state index is 11.9. The monoisotopic (exact) mass is 310 g/mol. The van der Waals surface area contributed by atoms with E-state index in [1.165, 1.54) is 24.3 Å². The summed E-state index contributed by atoms with van der Waals surface area (Å²) in [5.41, 5.74) is 0.255. The van der Waals surface area contributed by atoms with Crippen molar-refractivity contribution in [3.8, 4) is 0 Å². The van der Waals surface area contributed by atoms with Gasteiger partial charge in [-0.15, -0.1) is 0 Å². The standard InChI is InChI=1S/C12H10ClF3O4/c13-8-3-1-7(2-4-8)9(11(18)19)5-10(17)20-6-12(14,15)16/h1-4,9H,5-6H2,(H,18,19)/t9-/m0/s1. The van der Waals surface area contributed by atoms with Gasteiger partial charge in [0, 0.05) is 5.02 Å². The van der Waals surface area contributed by atoms with Crippen molar-refractivity contribution < 1.29 is 32.6 Å². The van der Waals surface area contributed by atoms with Crippen LogP contribution in [0.5, 0.6) is 0 Å². The highest BCUT2D eigenvalue weighted by Gasteiger charge is 2.31. The average molecular weight is 311 g/mol. The van der Waals surface area contributed by atoms with E-state index < -0.39 is 37.1 Å². The molecule has 1 aromatic carbocycles. The fourth-order valence-electron chi connectivity index (χ4n) is 1.43. The Labute approximate surface area is 117 Å². The fraction of sp³-hybridized carbons (Fsp3) is 0.333. The number of alkyl halides is 3. The third-order valence-electron chi connectivity index (χ3n) is 2.34. The van der Waals surface area contributed by atoms with Crippen LogP contribution in [0.4, 0.5) is 13.2 Å². The molecule has 0 amide bonds. The number of halogens is 4. The van der Waals surface area contributed by atoms with Crippen LogP contribution >= 0.6 is 11.6 Å². The molecule has 0 radical (unpaired) electrons. The molecule has 0 unspecified atom stereocenters. The number of esters is 1. The molecule has 0 aliphatic heterocycles. The molecule has 1 N–H and O–H groups in total. The molecule has 0 bridgehead atoms. The van der Waals surface area contributed by atoms with Gasteiger partial charge in [0.05, 0.1) is 12.3 Å². The lowest BCUT2D eigenvalue weighted by molar-refractivity contribution is -0.186. The van der Waals surface area contributed by atoms with Crippen LogP contribution in [0.1, 0.15) is 17.9 Å². The first-order valence-corrected chi connectivity index (χ1v) is 5.77. The van der Waals surface area contributed by atoms with E-state index in [1.54, 1.807) is 0 Å².